The number of nitrogen functional groups attached to an aromatic ring is 1. The van der Waals surface area contributed by atoms with Crippen LogP contribution in [0.5, 0.6) is 5.88 Å². The van der Waals surface area contributed by atoms with Crippen molar-refractivity contribution >= 4 is 25.4 Å². The number of alkyl halides is 2. The molecule has 2 aliphatic heterocycles. The Labute approximate surface area is 146 Å². The fourth-order valence-electron chi connectivity index (χ4n) is 3.11. The van der Waals surface area contributed by atoms with Crippen LogP contribution in [0.25, 0.3) is 11.2 Å². The first-order valence-electron chi connectivity index (χ1n) is 7.71. The van der Waals surface area contributed by atoms with Crippen molar-refractivity contribution in [3.63, 3.8) is 0 Å². The number of halogens is 2. The topological polar surface area (TPSA) is 124 Å². The van der Waals surface area contributed by atoms with E-state index in [2.05, 4.69) is 19.5 Å². The molecule has 4 rings (SSSR count). The zero-order valence-corrected chi connectivity index (χ0v) is 14.7. The predicted molar refractivity (Wildman–Crippen MR) is 82.8 cm³/mol. The molecule has 2 aromatic rings. The third kappa shape index (κ3) is 2.44. The summed E-state index contributed by atoms with van der Waals surface area (Å²) in [5.41, 5.74) is 3.59. The van der Waals surface area contributed by atoms with Crippen LogP contribution in [0, 0.1) is 0 Å². The molecule has 13 heteroatoms. The van der Waals surface area contributed by atoms with Crippen molar-refractivity contribution in [2.75, 3.05) is 18.9 Å². The summed E-state index contributed by atoms with van der Waals surface area (Å²) in [6.45, 7) is 2.40. The van der Waals surface area contributed by atoms with Crippen molar-refractivity contribution in [2.24, 2.45) is 0 Å². The molecule has 2 unspecified atom stereocenters. The second-order valence-corrected chi connectivity index (χ2v) is 6.95. The van der Waals surface area contributed by atoms with Gasteiger partial charge in [0.1, 0.15) is 0 Å². The average molecular weight is 390 g/mol. The van der Waals surface area contributed by atoms with Crippen molar-refractivity contribution in [3.8, 4) is 5.88 Å². The van der Waals surface area contributed by atoms with E-state index in [1.165, 1.54) is 10.9 Å². The number of nitrogens with zero attached hydrogens (tertiary/aromatic N) is 4. The highest BCUT2D eigenvalue weighted by Gasteiger charge is 2.72. The number of imidazole rings is 1. The number of anilines is 1. The van der Waals surface area contributed by atoms with Crippen LogP contribution >= 0.6 is 8.25 Å². The molecule has 2 aromatic heterocycles. The van der Waals surface area contributed by atoms with Crippen molar-refractivity contribution < 1.29 is 31.9 Å². The van der Waals surface area contributed by atoms with Crippen LogP contribution in [-0.4, -0.2) is 50.4 Å². The lowest BCUT2D eigenvalue weighted by atomic mass is 9.97. The summed E-state index contributed by atoms with van der Waals surface area (Å²) >= 11 is 0. The van der Waals surface area contributed by atoms with E-state index in [1.54, 1.807) is 6.92 Å². The van der Waals surface area contributed by atoms with Crippen molar-refractivity contribution in [1.29, 1.82) is 0 Å². The first-order valence-corrected chi connectivity index (χ1v) is 8.81. The van der Waals surface area contributed by atoms with Gasteiger partial charge in [-0.1, -0.05) is 0 Å². The van der Waals surface area contributed by atoms with Gasteiger partial charge in [-0.15, -0.1) is 9.05 Å². The van der Waals surface area contributed by atoms with E-state index in [0.717, 1.165) is 6.92 Å². The Morgan fingerprint density at radius 1 is 1.50 bits per heavy atom. The molecule has 10 nitrogen and oxygen atoms in total. The average Bonchev–Trinajstić information content (AvgIpc) is 3.06. The lowest BCUT2D eigenvalue weighted by Gasteiger charge is -2.25. The maximum Gasteiger partial charge on any atom is 0.698 e. The number of hydrogen-bond acceptors (Lipinski definition) is 9. The molecule has 0 aliphatic carbocycles. The zero-order chi connectivity index (χ0) is 18.7. The van der Waals surface area contributed by atoms with E-state index < -0.39 is 38.7 Å². The third-order valence-corrected chi connectivity index (χ3v) is 4.92. The molecular formula is C13H15F2N5O5P+. The molecule has 0 saturated carbocycles. The minimum Gasteiger partial charge on any atom is -0.476 e. The Morgan fingerprint density at radius 2 is 2.27 bits per heavy atom. The number of aromatic nitrogens is 4. The maximum atomic E-state index is 15.4. The highest BCUT2D eigenvalue weighted by atomic mass is 31.1. The van der Waals surface area contributed by atoms with Crippen LogP contribution in [0.2, 0.25) is 0 Å². The number of hydrogen-bond donors (Lipinski definition) is 1. The predicted octanol–water partition coefficient (Wildman–Crippen LogP) is 1.80. The van der Waals surface area contributed by atoms with Crippen LogP contribution in [0.1, 0.15) is 20.1 Å². The second-order valence-electron chi connectivity index (χ2n) is 6.03. The summed E-state index contributed by atoms with van der Waals surface area (Å²) < 4.78 is 63.2. The van der Waals surface area contributed by atoms with Crippen LogP contribution in [0.15, 0.2) is 6.33 Å². The van der Waals surface area contributed by atoms with E-state index >= 15 is 4.39 Å². The number of fused-ring (bicyclic) bond motifs is 2. The normalized spacial score (nSPS) is 35.6. The molecule has 0 aromatic carbocycles. The lowest BCUT2D eigenvalue weighted by Crippen LogP contribution is -2.49. The number of nitrogens with two attached hydrogens (primary N) is 1. The zero-order valence-electron chi connectivity index (χ0n) is 13.8. The van der Waals surface area contributed by atoms with Gasteiger partial charge in [-0.25, -0.2) is 13.8 Å². The molecule has 2 fully saturated rings. The van der Waals surface area contributed by atoms with Gasteiger partial charge in [-0.3, -0.25) is 4.57 Å². The molecule has 2 N–H and O–H groups in total. The first-order chi connectivity index (χ1) is 12.3. The van der Waals surface area contributed by atoms with E-state index in [0.29, 0.717) is 6.61 Å². The van der Waals surface area contributed by atoms with Crippen LogP contribution in [0.3, 0.4) is 0 Å². The Balaban J connectivity index is 1.82. The summed E-state index contributed by atoms with van der Waals surface area (Å²) in [5, 5.41) is 0. The molecule has 0 radical (unpaired) electrons. The summed E-state index contributed by atoms with van der Waals surface area (Å²) in [7, 11) is -2.64. The molecule has 2 aliphatic rings. The largest absolute Gasteiger partial charge is 0.698 e. The van der Waals surface area contributed by atoms with E-state index in [4.69, 9.17) is 19.7 Å². The Hall–Kier alpha value is -2.01. The number of ether oxygens (including phenoxy) is 2. The van der Waals surface area contributed by atoms with Gasteiger partial charge >= 0.3 is 8.25 Å². The van der Waals surface area contributed by atoms with Gasteiger partial charge in [0.05, 0.1) is 12.9 Å². The monoisotopic (exact) mass is 390 g/mol. The summed E-state index contributed by atoms with van der Waals surface area (Å²) in [4.78, 5) is 12.1. The fraction of sp³-hybridized carbons (Fsp3) is 0.615. The molecule has 140 valence electrons. The molecule has 0 amide bonds. The first kappa shape index (κ1) is 17.4. The van der Waals surface area contributed by atoms with Gasteiger partial charge in [-0.05, 0) is 13.8 Å². The van der Waals surface area contributed by atoms with Gasteiger partial charge in [0.25, 0.3) is 5.85 Å². The lowest BCUT2D eigenvalue weighted by molar-refractivity contribution is -0.211. The van der Waals surface area contributed by atoms with Crippen LogP contribution < -0.4 is 10.5 Å². The second kappa shape index (κ2) is 5.74. The van der Waals surface area contributed by atoms with E-state index in [-0.39, 0.29) is 23.0 Å². The standard InChI is InChI=1S/C13H15F2N5O5P/c1-3-22-8-6-7(18-11(16)19-8)20(5-17-6)10-12(2,14)9-13(15,24-10)4-23-26(21)25-9/h5,9-10H,3-4H2,1-2H3,(H2,16,18,19)/q+1/t9?,10-,12-,13-/m1/s1. The van der Waals surface area contributed by atoms with Gasteiger partial charge in [-0.2, -0.15) is 9.97 Å². The molecular weight excluding hydrogens is 375 g/mol. The fourth-order valence-corrected chi connectivity index (χ4v) is 3.98. The van der Waals surface area contributed by atoms with E-state index in [1.807, 2.05) is 0 Å². The maximum absolute atomic E-state index is 15.4. The van der Waals surface area contributed by atoms with Gasteiger partial charge in [0.2, 0.25) is 17.9 Å². The quantitative estimate of drug-likeness (QED) is 0.781. The molecule has 4 heterocycles. The highest BCUT2D eigenvalue weighted by Crippen LogP contribution is 2.55. The van der Waals surface area contributed by atoms with Gasteiger partial charge in [0.15, 0.2) is 29.7 Å². The Bertz CT molecular complexity index is 895. The smallest absolute Gasteiger partial charge is 0.476 e. The Kier molecular flexibility index (Phi) is 3.85. The van der Waals surface area contributed by atoms with Crippen LogP contribution in [-0.2, 0) is 18.3 Å². The summed E-state index contributed by atoms with van der Waals surface area (Å²) in [6.07, 6.45) is -2.05. The van der Waals surface area contributed by atoms with Crippen molar-refractivity contribution in [1.82, 2.24) is 19.5 Å². The Morgan fingerprint density at radius 3 is 3.00 bits per heavy atom. The third-order valence-electron chi connectivity index (χ3n) is 4.19. The van der Waals surface area contributed by atoms with Crippen molar-refractivity contribution in [2.45, 2.75) is 37.7 Å². The van der Waals surface area contributed by atoms with Crippen molar-refractivity contribution in [3.05, 3.63) is 6.33 Å². The van der Waals surface area contributed by atoms with Crippen LogP contribution in [0.4, 0.5) is 14.7 Å². The molecule has 0 bridgehead atoms. The molecule has 5 atom stereocenters. The highest BCUT2D eigenvalue weighted by molar-refractivity contribution is 7.33. The van der Waals surface area contributed by atoms with E-state index in [9.17, 15) is 8.96 Å². The SMILES string of the molecule is CCOc1nc(N)nc2c1ncn2[C@@H]1O[C@]2(F)CO[P+](=O)OC2[C@@]1(C)F. The number of rotatable bonds is 3. The molecule has 0 spiro atoms. The summed E-state index contributed by atoms with van der Waals surface area (Å²) in [6, 6.07) is 0. The summed E-state index contributed by atoms with van der Waals surface area (Å²) in [5.74, 6) is -2.63. The minimum absolute atomic E-state index is 0.0994. The minimum atomic E-state index is -2.64. The molecule has 2 saturated heterocycles. The molecule has 26 heavy (non-hydrogen) atoms. The van der Waals surface area contributed by atoms with Gasteiger partial charge in [0, 0.05) is 4.57 Å². The van der Waals surface area contributed by atoms with Gasteiger partial charge < -0.3 is 15.2 Å².